The van der Waals surface area contributed by atoms with Crippen LogP contribution in [0.15, 0.2) is 223 Å². The molecule has 0 aliphatic heterocycles. The molecule has 0 N–H and O–H groups in total. The highest BCUT2D eigenvalue weighted by atomic mass is 16.3. The predicted molar refractivity (Wildman–Crippen MR) is 255 cm³/mol. The van der Waals surface area contributed by atoms with E-state index in [0.717, 1.165) is 82.7 Å². The lowest BCUT2D eigenvalue weighted by Gasteiger charge is -2.32. The van der Waals surface area contributed by atoms with Gasteiger partial charge >= 0.3 is 0 Å². The Morgan fingerprint density at radius 1 is 0.365 bits per heavy atom. The molecule has 0 saturated carbocycles. The van der Waals surface area contributed by atoms with Gasteiger partial charge in [-0.25, -0.2) is 4.98 Å². The van der Waals surface area contributed by atoms with Crippen LogP contribution in [0.4, 0.5) is 0 Å². The summed E-state index contributed by atoms with van der Waals surface area (Å²) in [5.41, 5.74) is 14.2. The van der Waals surface area contributed by atoms with Crippen molar-refractivity contribution in [1.82, 2.24) is 19.5 Å². The number of nitrogens with zero attached hydrogens (tertiary/aromatic N) is 4. The molecule has 0 amide bonds. The number of benzene rings is 9. The van der Waals surface area contributed by atoms with Crippen LogP contribution in [0.3, 0.4) is 0 Å². The van der Waals surface area contributed by atoms with Crippen molar-refractivity contribution < 1.29 is 4.42 Å². The van der Waals surface area contributed by atoms with E-state index in [0.29, 0.717) is 17.6 Å². The van der Waals surface area contributed by atoms with Crippen LogP contribution in [0.2, 0.25) is 0 Å². The average molecular weight is 805 g/mol. The molecule has 0 fully saturated rings. The van der Waals surface area contributed by atoms with E-state index in [1.807, 2.05) is 12.1 Å². The Kier molecular flexibility index (Phi) is 7.75. The zero-order valence-electron chi connectivity index (χ0n) is 34.0. The van der Waals surface area contributed by atoms with Gasteiger partial charge in [-0.15, -0.1) is 0 Å². The number of aromatic nitrogens is 4. The number of fused-ring (bicyclic) bond motifs is 9. The first-order chi connectivity index (χ1) is 31.2. The van der Waals surface area contributed by atoms with Crippen molar-refractivity contribution in [2.45, 2.75) is 5.41 Å². The minimum atomic E-state index is -0.831. The molecule has 13 rings (SSSR count). The quantitative estimate of drug-likeness (QED) is 0.168. The Morgan fingerprint density at radius 3 is 1.67 bits per heavy atom. The van der Waals surface area contributed by atoms with Gasteiger partial charge in [0.15, 0.2) is 11.6 Å². The van der Waals surface area contributed by atoms with E-state index in [2.05, 4.69) is 211 Å². The fraction of sp³-hybridized carbons (Fsp3) is 0.0172. The average Bonchev–Trinajstić information content (AvgIpc) is 4.00. The van der Waals surface area contributed by atoms with Crippen molar-refractivity contribution >= 4 is 43.7 Å². The molecule has 5 nitrogen and oxygen atoms in total. The molecule has 0 spiro atoms. The third kappa shape index (κ3) is 5.33. The smallest absolute Gasteiger partial charge is 0.238 e. The van der Waals surface area contributed by atoms with Crippen molar-refractivity contribution in [2.24, 2.45) is 0 Å². The van der Waals surface area contributed by atoms with Crippen molar-refractivity contribution in [1.29, 1.82) is 0 Å². The lowest BCUT2D eigenvalue weighted by atomic mass is 9.71. The molecule has 1 aliphatic carbocycles. The first kappa shape index (κ1) is 35.4. The summed E-state index contributed by atoms with van der Waals surface area (Å²) < 4.78 is 8.38. The molecule has 294 valence electrons. The van der Waals surface area contributed by atoms with Gasteiger partial charge in [0.25, 0.3) is 0 Å². The third-order valence-corrected chi connectivity index (χ3v) is 13.0. The van der Waals surface area contributed by atoms with Gasteiger partial charge in [0.2, 0.25) is 5.95 Å². The van der Waals surface area contributed by atoms with Crippen molar-refractivity contribution in [2.75, 3.05) is 0 Å². The van der Waals surface area contributed by atoms with E-state index >= 15 is 0 Å². The van der Waals surface area contributed by atoms with Gasteiger partial charge in [0.1, 0.15) is 16.6 Å². The molecule has 63 heavy (non-hydrogen) atoms. The number of hydrogen-bond acceptors (Lipinski definition) is 4. The standard InChI is InChI=1S/C58H36N4O/c1-3-15-37(16-4-1)40-31-33-52-47(35-40)45-21-9-13-25-51(45)62(52)57-60-55(39-29-27-38(28-30-39)41-32-34-54-48(36-41)46-22-10-14-26-53(46)63-54)59-56(61-57)58(42-17-5-2-6-18-42)49-23-11-7-19-43(49)44-20-8-12-24-50(44)58/h1-36H. The summed E-state index contributed by atoms with van der Waals surface area (Å²) in [5.74, 6) is 1.83. The van der Waals surface area contributed by atoms with Crippen LogP contribution in [-0.4, -0.2) is 19.5 Å². The zero-order chi connectivity index (χ0) is 41.5. The van der Waals surface area contributed by atoms with E-state index in [9.17, 15) is 0 Å². The minimum Gasteiger partial charge on any atom is -0.456 e. The Morgan fingerprint density at radius 2 is 0.905 bits per heavy atom. The Bertz CT molecular complexity index is 3690. The second kappa shape index (κ2) is 13.8. The molecule has 0 saturated heterocycles. The van der Waals surface area contributed by atoms with Crippen LogP contribution in [0.25, 0.3) is 94.5 Å². The maximum atomic E-state index is 6.15. The molecule has 5 heteroatoms. The van der Waals surface area contributed by atoms with Crippen molar-refractivity contribution in [3.8, 4) is 50.7 Å². The number of para-hydroxylation sites is 2. The van der Waals surface area contributed by atoms with Crippen LogP contribution in [-0.2, 0) is 5.41 Å². The summed E-state index contributed by atoms with van der Waals surface area (Å²) in [6, 6.07) is 77.2. The Balaban J connectivity index is 1.06. The van der Waals surface area contributed by atoms with E-state index < -0.39 is 5.41 Å². The van der Waals surface area contributed by atoms with E-state index in [-0.39, 0.29) is 0 Å². The van der Waals surface area contributed by atoms with Gasteiger partial charge in [0.05, 0.1) is 11.0 Å². The zero-order valence-corrected chi connectivity index (χ0v) is 34.0. The van der Waals surface area contributed by atoms with Gasteiger partial charge in [-0.1, -0.05) is 182 Å². The molecule has 12 aromatic rings. The Labute approximate surface area is 363 Å². The Hall–Kier alpha value is -8.41. The number of rotatable bonds is 6. The van der Waals surface area contributed by atoms with Crippen LogP contribution >= 0.6 is 0 Å². The molecule has 0 atom stereocenters. The topological polar surface area (TPSA) is 56.7 Å². The van der Waals surface area contributed by atoms with Gasteiger partial charge < -0.3 is 4.42 Å². The van der Waals surface area contributed by atoms with Crippen molar-refractivity contribution in [3.63, 3.8) is 0 Å². The van der Waals surface area contributed by atoms with Gasteiger partial charge in [-0.2, -0.15) is 9.97 Å². The second-order valence-electron chi connectivity index (χ2n) is 16.3. The molecule has 3 heterocycles. The molecule has 1 aliphatic rings. The highest BCUT2D eigenvalue weighted by Gasteiger charge is 2.49. The van der Waals surface area contributed by atoms with E-state index in [1.165, 1.54) is 16.7 Å². The molecular weight excluding hydrogens is 769 g/mol. The summed E-state index contributed by atoms with van der Waals surface area (Å²) in [6.45, 7) is 0. The number of furan rings is 1. The van der Waals surface area contributed by atoms with Gasteiger partial charge in [-0.05, 0) is 86.5 Å². The molecule has 0 unspecified atom stereocenters. The molecule has 0 bridgehead atoms. The van der Waals surface area contributed by atoms with E-state index in [4.69, 9.17) is 19.4 Å². The summed E-state index contributed by atoms with van der Waals surface area (Å²) in [7, 11) is 0. The summed E-state index contributed by atoms with van der Waals surface area (Å²) in [4.78, 5) is 16.7. The third-order valence-electron chi connectivity index (χ3n) is 13.0. The summed E-state index contributed by atoms with van der Waals surface area (Å²) in [6.07, 6.45) is 0. The summed E-state index contributed by atoms with van der Waals surface area (Å²) in [5, 5.41) is 4.48. The summed E-state index contributed by atoms with van der Waals surface area (Å²) >= 11 is 0. The lowest BCUT2D eigenvalue weighted by Crippen LogP contribution is -2.32. The van der Waals surface area contributed by atoms with Gasteiger partial charge in [-0.3, -0.25) is 4.57 Å². The first-order valence-corrected chi connectivity index (χ1v) is 21.3. The highest BCUT2D eigenvalue weighted by Crippen LogP contribution is 2.55. The molecule has 3 aromatic heterocycles. The fourth-order valence-corrected chi connectivity index (χ4v) is 10.1. The largest absolute Gasteiger partial charge is 0.456 e. The minimum absolute atomic E-state index is 0.562. The maximum Gasteiger partial charge on any atom is 0.238 e. The second-order valence-corrected chi connectivity index (χ2v) is 16.3. The van der Waals surface area contributed by atoms with E-state index in [1.54, 1.807) is 0 Å². The fourth-order valence-electron chi connectivity index (χ4n) is 10.1. The predicted octanol–water partition coefficient (Wildman–Crippen LogP) is 14.2. The monoisotopic (exact) mass is 804 g/mol. The highest BCUT2D eigenvalue weighted by molar-refractivity contribution is 6.10. The van der Waals surface area contributed by atoms with Crippen LogP contribution in [0.5, 0.6) is 0 Å². The lowest BCUT2D eigenvalue weighted by molar-refractivity contribution is 0.669. The van der Waals surface area contributed by atoms with Crippen LogP contribution in [0.1, 0.15) is 22.5 Å². The maximum absolute atomic E-state index is 6.15. The first-order valence-electron chi connectivity index (χ1n) is 21.3. The molecule has 0 radical (unpaired) electrons. The van der Waals surface area contributed by atoms with Gasteiger partial charge in [0, 0.05) is 27.1 Å². The molecule has 9 aromatic carbocycles. The van der Waals surface area contributed by atoms with Crippen molar-refractivity contribution in [3.05, 3.63) is 241 Å². The SMILES string of the molecule is c1ccc(-c2ccc3c(c2)c2ccccc2n3-c2nc(-c3ccc(-c4ccc5oc6ccccc6c5c4)cc3)nc(C3(c4ccccc4)c4ccccc4-c4ccccc43)n2)cc1. The number of hydrogen-bond donors (Lipinski definition) is 0. The normalized spacial score (nSPS) is 12.9. The van der Waals surface area contributed by atoms with Crippen LogP contribution in [0, 0.1) is 0 Å². The van der Waals surface area contributed by atoms with Crippen LogP contribution < -0.4 is 0 Å². The molecular formula is C58H36N4O.